The molecule has 0 radical (unpaired) electrons. The van der Waals surface area contributed by atoms with E-state index >= 15 is 0 Å². The van der Waals surface area contributed by atoms with Gasteiger partial charge in [-0.1, -0.05) is 6.07 Å². The van der Waals surface area contributed by atoms with Crippen LogP contribution in [0.1, 0.15) is 52.1 Å². The van der Waals surface area contributed by atoms with Crippen molar-refractivity contribution in [2.75, 3.05) is 19.7 Å². The van der Waals surface area contributed by atoms with E-state index in [4.69, 9.17) is 9.47 Å². The molecule has 2 heterocycles. The van der Waals surface area contributed by atoms with Crippen LogP contribution in [0.25, 0.3) is 10.9 Å². The van der Waals surface area contributed by atoms with E-state index < -0.39 is 23.3 Å². The molecule has 1 amide bonds. The first kappa shape index (κ1) is 21.4. The molecule has 9 heteroatoms. The van der Waals surface area contributed by atoms with Crippen molar-refractivity contribution in [2.24, 2.45) is 0 Å². The molecule has 9 nitrogen and oxygen atoms in total. The molecule has 1 aliphatic rings. The highest BCUT2D eigenvalue weighted by Crippen LogP contribution is 2.26. The highest BCUT2D eigenvalue weighted by Gasteiger charge is 2.32. The molecular formula is C21H26N4O5. The van der Waals surface area contributed by atoms with Crippen LogP contribution in [0.5, 0.6) is 0 Å². The maximum Gasteiger partial charge on any atom is 0.433 e. The van der Waals surface area contributed by atoms with Crippen molar-refractivity contribution in [1.82, 2.24) is 14.3 Å². The molecule has 3 rings (SSSR count). The molecule has 0 aliphatic carbocycles. The normalized spacial score (nSPS) is 15.1. The van der Waals surface area contributed by atoms with E-state index in [1.165, 1.54) is 9.36 Å². The second-order valence-corrected chi connectivity index (χ2v) is 8.17. The zero-order chi connectivity index (χ0) is 22.1. The summed E-state index contributed by atoms with van der Waals surface area (Å²) >= 11 is 0. The van der Waals surface area contributed by atoms with E-state index in [2.05, 4.69) is 0 Å². The largest absolute Gasteiger partial charge is 0.448 e. The lowest BCUT2D eigenvalue weighted by Crippen LogP contribution is -2.44. The average Bonchev–Trinajstić information content (AvgIpc) is 3.00. The summed E-state index contributed by atoms with van der Waals surface area (Å²) in [6.45, 7) is 8.04. The number of amides is 1. The molecule has 1 aliphatic heterocycles. The number of hydrogen-bond acceptors (Lipinski definition) is 6. The third-order valence-corrected chi connectivity index (χ3v) is 4.93. The van der Waals surface area contributed by atoms with Gasteiger partial charge in [-0.3, -0.25) is 4.79 Å². The van der Waals surface area contributed by atoms with E-state index in [1.54, 1.807) is 30.0 Å². The number of carbonyl (C=O) groups is 2. The second kappa shape index (κ2) is 8.22. The van der Waals surface area contributed by atoms with Gasteiger partial charge in [0.25, 0.3) is 5.56 Å². The Morgan fingerprint density at radius 3 is 2.43 bits per heavy atom. The number of benzene rings is 1. The van der Waals surface area contributed by atoms with Gasteiger partial charge in [-0.05, 0) is 52.7 Å². The first-order valence-electron chi connectivity index (χ1n) is 9.99. The van der Waals surface area contributed by atoms with Crippen LogP contribution in [0.4, 0.5) is 9.59 Å². The van der Waals surface area contributed by atoms with Crippen molar-refractivity contribution in [2.45, 2.75) is 52.2 Å². The van der Waals surface area contributed by atoms with Gasteiger partial charge < -0.3 is 14.4 Å². The number of ether oxygens (including phenoxy) is 2. The Kier molecular flexibility index (Phi) is 5.87. The lowest BCUT2D eigenvalue weighted by molar-refractivity contribution is 0.0179. The average molecular weight is 414 g/mol. The quantitative estimate of drug-likeness (QED) is 0.747. The summed E-state index contributed by atoms with van der Waals surface area (Å²) in [6, 6.07) is 6.51. The van der Waals surface area contributed by atoms with Crippen LogP contribution in [0.3, 0.4) is 0 Å². The fourth-order valence-corrected chi connectivity index (χ4v) is 3.68. The molecule has 0 atom stereocenters. The Morgan fingerprint density at radius 1 is 1.20 bits per heavy atom. The van der Waals surface area contributed by atoms with Crippen LogP contribution in [0.15, 0.2) is 23.0 Å². The Labute approximate surface area is 174 Å². The number of fused-ring (bicyclic) bond motifs is 1. The highest BCUT2D eigenvalue weighted by molar-refractivity contribution is 5.91. The SMILES string of the molecule is CCOC(=O)n1c2cccc(C#N)c2c(=O)n1C1CCN(C(=O)OC(C)(C)C)CC1. The van der Waals surface area contributed by atoms with Gasteiger partial charge in [0.05, 0.1) is 29.1 Å². The predicted octanol–water partition coefficient (Wildman–Crippen LogP) is 3.25. The van der Waals surface area contributed by atoms with Crippen LogP contribution in [-0.2, 0) is 9.47 Å². The number of nitriles is 1. The van der Waals surface area contributed by atoms with Crippen LogP contribution in [-0.4, -0.2) is 51.7 Å². The molecule has 1 aromatic heterocycles. The van der Waals surface area contributed by atoms with Crippen molar-refractivity contribution >= 4 is 23.1 Å². The van der Waals surface area contributed by atoms with E-state index in [-0.39, 0.29) is 23.6 Å². The zero-order valence-corrected chi connectivity index (χ0v) is 17.7. The van der Waals surface area contributed by atoms with Crippen LogP contribution in [0, 0.1) is 11.3 Å². The summed E-state index contributed by atoms with van der Waals surface area (Å²) in [5.74, 6) is 0. The number of rotatable bonds is 2. The summed E-state index contributed by atoms with van der Waals surface area (Å²) in [6.07, 6.45) is -0.131. The molecular weight excluding hydrogens is 388 g/mol. The summed E-state index contributed by atoms with van der Waals surface area (Å²) in [5, 5.41) is 9.62. The van der Waals surface area contributed by atoms with Gasteiger partial charge in [-0.15, -0.1) is 0 Å². The van der Waals surface area contributed by atoms with Crippen molar-refractivity contribution in [3.05, 3.63) is 34.1 Å². The Bertz CT molecular complexity index is 1060. The fourth-order valence-electron chi connectivity index (χ4n) is 3.68. The predicted molar refractivity (Wildman–Crippen MR) is 109 cm³/mol. The Hall–Kier alpha value is -3.28. The minimum Gasteiger partial charge on any atom is -0.448 e. The lowest BCUT2D eigenvalue weighted by Gasteiger charge is -2.34. The van der Waals surface area contributed by atoms with Gasteiger partial charge in [0, 0.05) is 13.1 Å². The minimum absolute atomic E-state index is 0.154. The molecule has 0 saturated carbocycles. The van der Waals surface area contributed by atoms with E-state index in [0.29, 0.717) is 31.4 Å². The fraction of sp³-hybridized carbons (Fsp3) is 0.524. The number of piperidine rings is 1. The number of carbonyl (C=O) groups excluding carboxylic acids is 2. The minimum atomic E-state index is -0.672. The highest BCUT2D eigenvalue weighted by atomic mass is 16.6. The maximum atomic E-state index is 13.2. The maximum absolute atomic E-state index is 13.2. The first-order valence-corrected chi connectivity index (χ1v) is 9.99. The first-order chi connectivity index (χ1) is 14.2. The number of nitrogens with zero attached hydrogens (tertiary/aromatic N) is 4. The molecule has 0 spiro atoms. The number of likely N-dealkylation sites (tertiary alicyclic amines) is 1. The molecule has 1 saturated heterocycles. The lowest BCUT2D eigenvalue weighted by atomic mass is 10.1. The molecule has 0 unspecified atom stereocenters. The summed E-state index contributed by atoms with van der Waals surface area (Å²) in [7, 11) is 0. The van der Waals surface area contributed by atoms with Gasteiger partial charge in [0.1, 0.15) is 11.7 Å². The topological polar surface area (TPSA) is 107 Å². The number of hydrogen-bond donors (Lipinski definition) is 0. The van der Waals surface area contributed by atoms with E-state index in [0.717, 1.165) is 0 Å². The van der Waals surface area contributed by atoms with Crippen molar-refractivity contribution < 1.29 is 19.1 Å². The molecule has 1 fully saturated rings. The summed E-state index contributed by atoms with van der Waals surface area (Å²) < 4.78 is 13.2. The molecule has 0 bridgehead atoms. The molecule has 1 aromatic carbocycles. The van der Waals surface area contributed by atoms with Gasteiger partial charge in [0.15, 0.2) is 0 Å². The molecule has 30 heavy (non-hydrogen) atoms. The summed E-state index contributed by atoms with van der Waals surface area (Å²) in [5.41, 5.74) is -0.451. The van der Waals surface area contributed by atoms with Gasteiger partial charge >= 0.3 is 12.2 Å². The van der Waals surface area contributed by atoms with Crippen LogP contribution >= 0.6 is 0 Å². The smallest absolute Gasteiger partial charge is 0.433 e. The van der Waals surface area contributed by atoms with Gasteiger partial charge in [-0.2, -0.15) is 9.94 Å². The van der Waals surface area contributed by atoms with Gasteiger partial charge in [-0.25, -0.2) is 14.3 Å². The van der Waals surface area contributed by atoms with E-state index in [1.807, 2.05) is 26.8 Å². The van der Waals surface area contributed by atoms with Crippen molar-refractivity contribution in [3.63, 3.8) is 0 Å². The standard InChI is InChI=1S/C21H26N4O5/c1-5-29-20(28)25-16-8-6-7-14(13-22)17(16)18(26)24(25)15-9-11-23(12-10-15)19(27)30-21(2,3)4/h6-8,15H,5,9-12H2,1-4H3. The molecule has 0 N–H and O–H groups in total. The van der Waals surface area contributed by atoms with Crippen molar-refractivity contribution in [1.29, 1.82) is 5.26 Å². The summed E-state index contributed by atoms with van der Waals surface area (Å²) in [4.78, 5) is 39.8. The molecule has 160 valence electrons. The Morgan fingerprint density at radius 2 is 1.87 bits per heavy atom. The second-order valence-electron chi connectivity index (χ2n) is 8.17. The van der Waals surface area contributed by atoms with Crippen molar-refractivity contribution in [3.8, 4) is 6.07 Å². The zero-order valence-electron chi connectivity index (χ0n) is 17.7. The van der Waals surface area contributed by atoms with Gasteiger partial charge in [0.2, 0.25) is 0 Å². The monoisotopic (exact) mass is 414 g/mol. The molecule has 2 aromatic rings. The van der Waals surface area contributed by atoms with Crippen LogP contribution in [0.2, 0.25) is 0 Å². The van der Waals surface area contributed by atoms with Crippen LogP contribution < -0.4 is 5.56 Å². The van der Waals surface area contributed by atoms with E-state index in [9.17, 15) is 19.6 Å². The third kappa shape index (κ3) is 4.03. The Balaban J connectivity index is 1.97. The number of aromatic nitrogens is 2. The third-order valence-electron chi connectivity index (χ3n) is 4.93.